The quantitative estimate of drug-likeness (QED) is 0.873. The Morgan fingerprint density at radius 2 is 1.85 bits per heavy atom. The first kappa shape index (κ1) is 15.5. The lowest BCUT2D eigenvalue weighted by atomic mass is 9.98. The smallest absolute Gasteiger partial charge is 0.216 e. The van der Waals surface area contributed by atoms with Crippen LogP contribution < -0.4 is 10.5 Å². The Labute approximate surface area is 121 Å². The summed E-state index contributed by atoms with van der Waals surface area (Å²) in [5.74, 6) is 0.992. The van der Waals surface area contributed by atoms with Crippen molar-refractivity contribution in [3.8, 4) is 0 Å². The van der Waals surface area contributed by atoms with Gasteiger partial charge < -0.3 is 5.73 Å². The summed E-state index contributed by atoms with van der Waals surface area (Å²) in [6.45, 7) is 4.67. The highest BCUT2D eigenvalue weighted by molar-refractivity contribution is 7.88. The average molecular weight is 296 g/mol. The van der Waals surface area contributed by atoms with Gasteiger partial charge in [0.1, 0.15) is 0 Å². The molecule has 1 aromatic rings. The van der Waals surface area contributed by atoms with Crippen molar-refractivity contribution in [1.82, 2.24) is 4.72 Å². The van der Waals surface area contributed by atoms with E-state index < -0.39 is 10.0 Å². The summed E-state index contributed by atoms with van der Waals surface area (Å²) in [6, 6.07) is 7.52. The van der Waals surface area contributed by atoms with Gasteiger partial charge in [0.25, 0.3) is 0 Å². The van der Waals surface area contributed by atoms with Gasteiger partial charge in [-0.2, -0.15) is 0 Å². The maximum atomic E-state index is 12.3. The summed E-state index contributed by atoms with van der Waals surface area (Å²) >= 11 is 0. The highest BCUT2D eigenvalue weighted by Gasteiger charge is 2.32. The molecule has 1 aliphatic carbocycles. The molecule has 0 radical (unpaired) electrons. The van der Waals surface area contributed by atoms with Gasteiger partial charge in [-0.1, -0.05) is 38.1 Å². The van der Waals surface area contributed by atoms with Gasteiger partial charge in [-0.05, 0) is 35.8 Å². The van der Waals surface area contributed by atoms with Crippen LogP contribution in [0.5, 0.6) is 0 Å². The lowest BCUT2D eigenvalue weighted by molar-refractivity contribution is 0.402. The zero-order chi connectivity index (χ0) is 14.8. The van der Waals surface area contributed by atoms with Crippen LogP contribution >= 0.6 is 0 Å². The number of nitrogens with two attached hydrogens (primary N) is 1. The third-order valence-corrected chi connectivity index (χ3v) is 5.83. The molecule has 0 spiro atoms. The van der Waals surface area contributed by atoms with E-state index in [-0.39, 0.29) is 11.8 Å². The monoisotopic (exact) mass is 296 g/mol. The highest BCUT2D eigenvalue weighted by atomic mass is 32.2. The molecule has 1 aliphatic rings. The van der Waals surface area contributed by atoms with Crippen LogP contribution in [0.15, 0.2) is 24.3 Å². The number of nitrogens with one attached hydrogen (secondary N) is 1. The average Bonchev–Trinajstić information content (AvgIpc) is 2.70. The molecule has 0 heterocycles. The molecule has 5 heteroatoms. The van der Waals surface area contributed by atoms with Crippen molar-refractivity contribution in [2.75, 3.05) is 0 Å². The topological polar surface area (TPSA) is 72.2 Å². The Bertz CT molecular complexity index is 557. The van der Waals surface area contributed by atoms with Crippen LogP contribution in [0.1, 0.15) is 37.8 Å². The van der Waals surface area contributed by atoms with Crippen molar-refractivity contribution in [3.63, 3.8) is 0 Å². The largest absolute Gasteiger partial charge is 0.326 e. The van der Waals surface area contributed by atoms with E-state index in [0.29, 0.717) is 18.4 Å². The fraction of sp³-hybridized carbons (Fsp3) is 0.600. The van der Waals surface area contributed by atoms with Gasteiger partial charge in [0.05, 0.1) is 5.75 Å². The lowest BCUT2D eigenvalue weighted by Crippen LogP contribution is -2.38. The van der Waals surface area contributed by atoms with Crippen LogP contribution in [0.3, 0.4) is 0 Å². The molecule has 0 amide bonds. The molecule has 0 aromatic heterocycles. The lowest BCUT2D eigenvalue weighted by Gasteiger charge is -2.20. The van der Waals surface area contributed by atoms with Gasteiger partial charge in [-0.25, -0.2) is 13.1 Å². The third-order valence-electron chi connectivity index (χ3n) is 4.48. The molecule has 112 valence electrons. The Hall–Kier alpha value is -0.910. The van der Waals surface area contributed by atoms with Crippen LogP contribution in [0.4, 0.5) is 0 Å². The maximum absolute atomic E-state index is 12.3. The van der Waals surface area contributed by atoms with Crippen LogP contribution in [-0.2, 0) is 22.3 Å². The van der Waals surface area contributed by atoms with E-state index in [0.717, 1.165) is 24.0 Å². The first-order chi connectivity index (χ1) is 9.43. The van der Waals surface area contributed by atoms with Crippen molar-refractivity contribution in [1.29, 1.82) is 0 Å². The van der Waals surface area contributed by atoms with Gasteiger partial charge >= 0.3 is 0 Å². The van der Waals surface area contributed by atoms with Crippen molar-refractivity contribution in [2.24, 2.45) is 17.6 Å². The Kier molecular flexibility index (Phi) is 4.83. The molecule has 20 heavy (non-hydrogen) atoms. The molecule has 3 unspecified atom stereocenters. The first-order valence-corrected chi connectivity index (χ1v) is 8.85. The molecule has 3 N–H and O–H groups in total. The minimum absolute atomic E-state index is 0.0119. The van der Waals surface area contributed by atoms with E-state index >= 15 is 0 Å². The Morgan fingerprint density at radius 3 is 2.40 bits per heavy atom. The molecule has 1 fully saturated rings. The molecular formula is C15H24N2O2S. The summed E-state index contributed by atoms with van der Waals surface area (Å²) in [5, 5.41) is 0. The van der Waals surface area contributed by atoms with Crippen LogP contribution in [-0.4, -0.2) is 14.5 Å². The van der Waals surface area contributed by atoms with Gasteiger partial charge in [0, 0.05) is 12.6 Å². The number of hydrogen-bond donors (Lipinski definition) is 2. The van der Waals surface area contributed by atoms with Crippen molar-refractivity contribution >= 4 is 10.0 Å². The van der Waals surface area contributed by atoms with Crippen molar-refractivity contribution in [3.05, 3.63) is 35.4 Å². The SMILES string of the molecule is CC1CCC(NS(=O)(=O)Cc2ccccc2CN)C1C. The van der Waals surface area contributed by atoms with Crippen molar-refractivity contribution in [2.45, 2.75) is 45.0 Å². The summed E-state index contributed by atoms with van der Waals surface area (Å²) in [4.78, 5) is 0. The molecule has 2 rings (SSSR count). The zero-order valence-electron chi connectivity index (χ0n) is 12.2. The van der Waals surface area contributed by atoms with Gasteiger partial charge in [0.2, 0.25) is 10.0 Å². The Morgan fingerprint density at radius 1 is 1.20 bits per heavy atom. The molecule has 1 aromatic carbocycles. The van der Waals surface area contributed by atoms with Gasteiger partial charge in [-0.15, -0.1) is 0 Å². The van der Waals surface area contributed by atoms with E-state index in [4.69, 9.17) is 5.73 Å². The minimum atomic E-state index is -3.31. The number of hydrogen-bond acceptors (Lipinski definition) is 3. The van der Waals surface area contributed by atoms with E-state index in [1.165, 1.54) is 0 Å². The summed E-state index contributed by atoms with van der Waals surface area (Å²) in [7, 11) is -3.31. The van der Waals surface area contributed by atoms with E-state index in [1.54, 1.807) is 0 Å². The second kappa shape index (κ2) is 6.24. The fourth-order valence-electron chi connectivity index (χ4n) is 2.91. The maximum Gasteiger partial charge on any atom is 0.216 e. The van der Waals surface area contributed by atoms with Gasteiger partial charge in [0.15, 0.2) is 0 Å². The van der Waals surface area contributed by atoms with E-state index in [1.807, 2.05) is 24.3 Å². The zero-order valence-corrected chi connectivity index (χ0v) is 13.0. The Balaban J connectivity index is 2.08. The summed E-state index contributed by atoms with van der Waals surface area (Å²) in [5.41, 5.74) is 7.35. The normalized spacial score (nSPS) is 26.9. The van der Waals surface area contributed by atoms with E-state index in [2.05, 4.69) is 18.6 Å². The molecule has 4 nitrogen and oxygen atoms in total. The minimum Gasteiger partial charge on any atom is -0.326 e. The summed E-state index contributed by atoms with van der Waals surface area (Å²) in [6.07, 6.45) is 2.02. The van der Waals surface area contributed by atoms with Crippen LogP contribution in [0, 0.1) is 11.8 Å². The second-order valence-corrected chi connectivity index (χ2v) is 7.62. The molecule has 0 bridgehead atoms. The molecule has 0 saturated heterocycles. The number of benzene rings is 1. The summed E-state index contributed by atoms with van der Waals surface area (Å²) < 4.78 is 27.5. The van der Waals surface area contributed by atoms with Crippen LogP contribution in [0.25, 0.3) is 0 Å². The second-order valence-electron chi connectivity index (χ2n) is 5.87. The molecule has 0 aliphatic heterocycles. The van der Waals surface area contributed by atoms with Gasteiger partial charge in [-0.3, -0.25) is 0 Å². The standard InChI is InChI=1S/C15H24N2O2S/c1-11-7-8-15(12(11)2)17-20(18,19)10-14-6-4-3-5-13(14)9-16/h3-6,11-12,15,17H,7-10,16H2,1-2H3. The highest BCUT2D eigenvalue weighted by Crippen LogP contribution is 2.31. The molecule has 3 atom stereocenters. The van der Waals surface area contributed by atoms with Crippen molar-refractivity contribution < 1.29 is 8.42 Å². The fourth-order valence-corrected chi connectivity index (χ4v) is 4.47. The third kappa shape index (κ3) is 3.59. The molecular weight excluding hydrogens is 272 g/mol. The first-order valence-electron chi connectivity index (χ1n) is 7.20. The molecule has 1 saturated carbocycles. The van der Waals surface area contributed by atoms with Crippen LogP contribution in [0.2, 0.25) is 0 Å². The predicted octanol–water partition coefficient (Wildman–Crippen LogP) is 2.00. The number of sulfonamides is 1. The number of rotatable bonds is 5. The predicted molar refractivity (Wildman–Crippen MR) is 81.4 cm³/mol. The van der Waals surface area contributed by atoms with E-state index in [9.17, 15) is 8.42 Å².